The van der Waals surface area contributed by atoms with Gasteiger partial charge >= 0.3 is 0 Å². The van der Waals surface area contributed by atoms with E-state index in [-0.39, 0.29) is 0 Å². The number of aliphatic hydroxyl groups is 1. The summed E-state index contributed by atoms with van der Waals surface area (Å²) in [5.41, 5.74) is 0.900. The highest BCUT2D eigenvalue weighted by Crippen LogP contribution is 2.27. The van der Waals surface area contributed by atoms with Crippen molar-refractivity contribution in [3.8, 4) is 0 Å². The van der Waals surface area contributed by atoms with Crippen LogP contribution in [0.25, 0.3) is 0 Å². The zero-order valence-electron chi connectivity index (χ0n) is 13.6. The number of rotatable bonds is 9. The molecule has 0 fully saturated rings. The van der Waals surface area contributed by atoms with Crippen LogP contribution in [0, 0.1) is 0 Å². The molecule has 0 amide bonds. The maximum absolute atomic E-state index is 12.8. The topological polar surface area (TPSA) is 46.5 Å². The summed E-state index contributed by atoms with van der Waals surface area (Å²) in [5, 5.41) is 11.0. The monoisotopic (exact) mass is 312 g/mol. The minimum absolute atomic E-state index is 0.351. The fraction of sp³-hybridized carbons (Fsp3) is 0.350. The predicted molar refractivity (Wildman–Crippen MR) is 91.2 cm³/mol. The van der Waals surface area contributed by atoms with Crippen LogP contribution in [0.2, 0.25) is 0 Å². The van der Waals surface area contributed by atoms with E-state index in [4.69, 9.17) is 4.74 Å². The highest BCUT2D eigenvalue weighted by Gasteiger charge is 2.39. The summed E-state index contributed by atoms with van der Waals surface area (Å²) in [6, 6.07) is 17.6. The van der Waals surface area contributed by atoms with E-state index in [9.17, 15) is 9.90 Å². The minimum Gasteiger partial charge on any atom is -0.356 e. The highest BCUT2D eigenvalue weighted by molar-refractivity contribution is 6.01. The van der Waals surface area contributed by atoms with Gasteiger partial charge in [0, 0.05) is 11.1 Å². The third kappa shape index (κ3) is 4.50. The molecule has 0 aliphatic carbocycles. The third-order valence-corrected chi connectivity index (χ3v) is 3.82. The summed E-state index contributed by atoms with van der Waals surface area (Å²) in [5.74, 6) is -2.37. The van der Waals surface area contributed by atoms with Crippen molar-refractivity contribution in [2.45, 2.75) is 38.4 Å². The Bertz CT molecular complexity index is 595. The lowest BCUT2D eigenvalue weighted by Crippen LogP contribution is -2.39. The van der Waals surface area contributed by atoms with Gasteiger partial charge in [0.15, 0.2) is 0 Å². The smallest absolute Gasteiger partial charge is 0.258 e. The second-order valence-corrected chi connectivity index (χ2v) is 5.61. The van der Waals surface area contributed by atoms with E-state index < -0.39 is 11.6 Å². The second-order valence-electron chi connectivity index (χ2n) is 5.61. The first kappa shape index (κ1) is 17.4. The molecule has 1 unspecified atom stereocenters. The van der Waals surface area contributed by atoms with Crippen LogP contribution in [0.5, 0.6) is 0 Å². The van der Waals surface area contributed by atoms with Crippen molar-refractivity contribution in [3.63, 3.8) is 0 Å². The van der Waals surface area contributed by atoms with Crippen molar-refractivity contribution in [3.05, 3.63) is 71.8 Å². The van der Waals surface area contributed by atoms with Crippen LogP contribution in [-0.4, -0.2) is 17.5 Å². The molecule has 0 aliphatic heterocycles. The average Bonchev–Trinajstić information content (AvgIpc) is 2.62. The number of hydrogen-bond acceptors (Lipinski definition) is 3. The third-order valence-electron chi connectivity index (χ3n) is 3.82. The Labute approximate surface area is 137 Å². The van der Waals surface area contributed by atoms with Gasteiger partial charge in [-0.25, -0.2) is 0 Å². The number of hydrogen-bond donors (Lipinski definition) is 1. The van der Waals surface area contributed by atoms with E-state index in [1.54, 1.807) is 48.5 Å². The van der Waals surface area contributed by atoms with Gasteiger partial charge in [-0.3, -0.25) is 4.79 Å². The molecule has 122 valence electrons. The van der Waals surface area contributed by atoms with Gasteiger partial charge < -0.3 is 9.84 Å². The van der Waals surface area contributed by atoms with Crippen LogP contribution >= 0.6 is 0 Å². The molecule has 2 aromatic rings. The van der Waals surface area contributed by atoms with Gasteiger partial charge in [0.2, 0.25) is 5.78 Å². The summed E-state index contributed by atoms with van der Waals surface area (Å²) in [4.78, 5) is 12.8. The van der Waals surface area contributed by atoms with Crippen LogP contribution in [0.1, 0.15) is 48.5 Å². The van der Waals surface area contributed by atoms with Crippen LogP contribution in [0.3, 0.4) is 0 Å². The van der Waals surface area contributed by atoms with Gasteiger partial charge in [0.05, 0.1) is 6.61 Å². The lowest BCUT2D eigenvalue weighted by molar-refractivity contribution is -0.174. The number of carbonyl (C=O) groups excluding carboxylic acids is 1. The fourth-order valence-electron chi connectivity index (χ4n) is 2.48. The average molecular weight is 312 g/mol. The Morgan fingerprint density at radius 2 is 1.57 bits per heavy atom. The Hall–Kier alpha value is -1.97. The molecule has 0 saturated heterocycles. The molecule has 0 aromatic heterocycles. The quantitative estimate of drug-likeness (QED) is 0.426. The fourth-order valence-corrected chi connectivity index (χ4v) is 2.48. The lowest BCUT2D eigenvalue weighted by atomic mass is 9.96. The van der Waals surface area contributed by atoms with Crippen LogP contribution in [0.15, 0.2) is 60.7 Å². The summed E-state index contributed by atoms with van der Waals surface area (Å²) in [6.45, 7) is 2.49. The van der Waals surface area contributed by atoms with Crippen molar-refractivity contribution in [2.24, 2.45) is 0 Å². The molecule has 2 rings (SSSR count). The molecule has 3 nitrogen and oxygen atoms in total. The number of ether oxygens (including phenoxy) is 1. The minimum atomic E-state index is -1.94. The molecule has 3 heteroatoms. The van der Waals surface area contributed by atoms with Crippen LogP contribution in [0.4, 0.5) is 0 Å². The second kappa shape index (κ2) is 8.61. The van der Waals surface area contributed by atoms with Gasteiger partial charge in [-0.1, -0.05) is 86.8 Å². The summed E-state index contributed by atoms with van der Waals surface area (Å²) in [7, 11) is 0. The van der Waals surface area contributed by atoms with Crippen LogP contribution < -0.4 is 0 Å². The van der Waals surface area contributed by atoms with Crippen molar-refractivity contribution in [2.75, 3.05) is 6.61 Å². The molecule has 2 aromatic carbocycles. The Morgan fingerprint density at radius 1 is 0.957 bits per heavy atom. The number of carbonyl (C=O) groups is 1. The normalized spacial score (nSPS) is 13.5. The lowest BCUT2D eigenvalue weighted by Gasteiger charge is -2.27. The molecule has 0 spiro atoms. The number of benzene rings is 2. The highest BCUT2D eigenvalue weighted by atomic mass is 16.6. The van der Waals surface area contributed by atoms with Crippen molar-refractivity contribution in [1.29, 1.82) is 0 Å². The first-order valence-corrected chi connectivity index (χ1v) is 8.20. The molecule has 0 heterocycles. The van der Waals surface area contributed by atoms with Gasteiger partial charge in [-0.05, 0) is 6.42 Å². The van der Waals surface area contributed by atoms with Crippen molar-refractivity contribution < 1.29 is 14.6 Å². The molecule has 0 radical (unpaired) electrons. The van der Waals surface area contributed by atoms with E-state index in [1.807, 2.05) is 12.1 Å². The SMILES string of the molecule is CCCCCCOC(O)(C(=O)c1ccccc1)c1ccccc1. The maximum Gasteiger partial charge on any atom is 0.258 e. The molecule has 23 heavy (non-hydrogen) atoms. The number of unbranched alkanes of at least 4 members (excludes halogenated alkanes) is 3. The molecular weight excluding hydrogens is 288 g/mol. The molecule has 0 bridgehead atoms. The zero-order chi connectivity index (χ0) is 16.5. The van der Waals surface area contributed by atoms with Gasteiger partial charge in [0.1, 0.15) is 0 Å². The number of ketones is 1. The first-order chi connectivity index (χ1) is 11.2. The predicted octanol–water partition coefficient (Wildman–Crippen LogP) is 4.31. The van der Waals surface area contributed by atoms with Crippen molar-refractivity contribution in [1.82, 2.24) is 0 Å². The Balaban J connectivity index is 2.19. The van der Waals surface area contributed by atoms with E-state index in [0.29, 0.717) is 17.7 Å². The largest absolute Gasteiger partial charge is 0.356 e. The van der Waals surface area contributed by atoms with Gasteiger partial charge in [-0.2, -0.15) is 0 Å². The molecule has 1 atom stereocenters. The standard InChI is InChI=1S/C20H24O3/c1-2-3-4-11-16-23-20(22,18-14-9-6-10-15-18)19(21)17-12-7-5-8-13-17/h5-10,12-15,22H,2-4,11,16H2,1H3. The van der Waals surface area contributed by atoms with E-state index in [0.717, 1.165) is 25.7 Å². The molecule has 1 N–H and O–H groups in total. The van der Waals surface area contributed by atoms with Gasteiger partial charge in [0.25, 0.3) is 5.79 Å². The summed E-state index contributed by atoms with van der Waals surface area (Å²) >= 11 is 0. The molecule has 0 aliphatic rings. The zero-order valence-corrected chi connectivity index (χ0v) is 13.6. The Morgan fingerprint density at radius 3 is 2.17 bits per heavy atom. The summed E-state index contributed by atoms with van der Waals surface area (Å²) in [6.07, 6.45) is 4.11. The Kier molecular flexibility index (Phi) is 6.51. The van der Waals surface area contributed by atoms with E-state index in [2.05, 4.69) is 6.92 Å². The first-order valence-electron chi connectivity index (χ1n) is 8.20. The van der Waals surface area contributed by atoms with Crippen molar-refractivity contribution >= 4 is 5.78 Å². The molecule has 0 saturated carbocycles. The maximum atomic E-state index is 12.8. The van der Waals surface area contributed by atoms with E-state index in [1.165, 1.54) is 0 Å². The summed E-state index contributed by atoms with van der Waals surface area (Å²) < 4.78 is 5.68. The van der Waals surface area contributed by atoms with Crippen LogP contribution in [-0.2, 0) is 10.5 Å². The van der Waals surface area contributed by atoms with E-state index >= 15 is 0 Å². The number of Topliss-reactive ketones (excluding diaryl/α,β-unsaturated/α-hetero) is 1. The van der Waals surface area contributed by atoms with Gasteiger partial charge in [-0.15, -0.1) is 0 Å². The molecular formula is C20H24O3.